The maximum atomic E-state index is 12.5. The molecule has 1 aromatic carbocycles. The van der Waals surface area contributed by atoms with Crippen LogP contribution in [-0.4, -0.2) is 43.0 Å². The lowest BCUT2D eigenvalue weighted by molar-refractivity contribution is -0.0139. The second kappa shape index (κ2) is 6.70. The Hall–Kier alpha value is -0.900. The van der Waals surface area contributed by atoms with Gasteiger partial charge >= 0.3 is 0 Å². The summed E-state index contributed by atoms with van der Waals surface area (Å²) in [5.41, 5.74) is 0.717. The van der Waals surface area contributed by atoms with E-state index in [-0.39, 0.29) is 17.9 Å². The Labute approximate surface area is 125 Å². The summed E-state index contributed by atoms with van der Waals surface area (Å²) >= 11 is 5.86. The third-order valence-corrected chi connectivity index (χ3v) is 4.53. The minimum Gasteiger partial charge on any atom is -0.380 e. The zero-order valence-corrected chi connectivity index (χ0v) is 13.1. The Kier molecular flexibility index (Phi) is 5.19. The lowest BCUT2D eigenvalue weighted by Crippen LogP contribution is -2.50. The van der Waals surface area contributed by atoms with Crippen molar-refractivity contribution in [1.29, 1.82) is 0 Å². The van der Waals surface area contributed by atoms with Gasteiger partial charge in [-0.15, -0.1) is 0 Å². The highest BCUT2D eigenvalue weighted by atomic mass is 35.5. The summed E-state index contributed by atoms with van der Waals surface area (Å²) in [6.45, 7) is 5.94. The van der Waals surface area contributed by atoms with Gasteiger partial charge in [0.05, 0.1) is 12.1 Å². The lowest BCUT2D eigenvalue weighted by Gasteiger charge is -2.38. The number of carbonyl (C=O) groups is 1. The molecule has 3 unspecified atom stereocenters. The molecule has 20 heavy (non-hydrogen) atoms. The number of ether oxygens (including phenoxy) is 1. The van der Waals surface area contributed by atoms with Crippen LogP contribution in [0.3, 0.4) is 0 Å². The van der Waals surface area contributed by atoms with Crippen molar-refractivity contribution >= 4 is 17.4 Å². The smallest absolute Gasteiger partial charge is 0.179 e. The maximum Gasteiger partial charge on any atom is 0.179 e. The summed E-state index contributed by atoms with van der Waals surface area (Å²) in [5.74, 6) is 0.695. The summed E-state index contributed by atoms with van der Waals surface area (Å²) in [7, 11) is 1.75. The van der Waals surface area contributed by atoms with E-state index in [9.17, 15) is 4.79 Å². The normalized spacial score (nSPS) is 25.4. The molecular weight excluding hydrogens is 274 g/mol. The van der Waals surface area contributed by atoms with Crippen LogP contribution in [0.1, 0.15) is 30.6 Å². The molecule has 1 aromatic rings. The zero-order chi connectivity index (χ0) is 14.7. The molecule has 0 spiro atoms. The van der Waals surface area contributed by atoms with Crippen molar-refractivity contribution in [3.8, 4) is 0 Å². The molecule has 0 saturated carbocycles. The van der Waals surface area contributed by atoms with E-state index >= 15 is 0 Å². The van der Waals surface area contributed by atoms with E-state index in [1.807, 2.05) is 6.92 Å². The summed E-state index contributed by atoms with van der Waals surface area (Å²) in [5, 5.41) is 0.653. The average molecular weight is 296 g/mol. The topological polar surface area (TPSA) is 29.5 Å². The van der Waals surface area contributed by atoms with Gasteiger partial charge in [0.15, 0.2) is 5.78 Å². The highest BCUT2D eigenvalue weighted by molar-refractivity contribution is 6.30. The Morgan fingerprint density at radius 2 is 2.05 bits per heavy atom. The summed E-state index contributed by atoms with van der Waals surface area (Å²) in [4.78, 5) is 14.7. The molecule has 0 aromatic heterocycles. The van der Waals surface area contributed by atoms with Gasteiger partial charge in [0.1, 0.15) is 0 Å². The fourth-order valence-corrected chi connectivity index (χ4v) is 2.86. The second-order valence-corrected chi connectivity index (χ2v) is 6.02. The van der Waals surface area contributed by atoms with E-state index in [1.165, 1.54) is 0 Å². The molecular formula is C16H22ClNO2. The molecule has 1 heterocycles. The fourth-order valence-electron chi connectivity index (χ4n) is 2.74. The van der Waals surface area contributed by atoms with Gasteiger partial charge in [-0.2, -0.15) is 0 Å². The fraction of sp³-hybridized carbons (Fsp3) is 0.562. The molecule has 3 atom stereocenters. The zero-order valence-electron chi connectivity index (χ0n) is 12.3. The van der Waals surface area contributed by atoms with Crippen molar-refractivity contribution in [3.05, 3.63) is 34.9 Å². The summed E-state index contributed by atoms with van der Waals surface area (Å²) in [6, 6.07) is 6.99. The number of hydrogen-bond donors (Lipinski definition) is 0. The number of nitrogens with zero attached hydrogens (tertiary/aromatic N) is 1. The van der Waals surface area contributed by atoms with Crippen molar-refractivity contribution in [2.24, 2.45) is 5.92 Å². The van der Waals surface area contributed by atoms with Crippen molar-refractivity contribution < 1.29 is 9.53 Å². The molecule has 3 nitrogen and oxygen atoms in total. The molecule has 1 fully saturated rings. The summed E-state index contributed by atoms with van der Waals surface area (Å²) in [6.07, 6.45) is 1.28. The largest absolute Gasteiger partial charge is 0.380 e. The molecule has 4 heteroatoms. The Morgan fingerprint density at radius 1 is 1.40 bits per heavy atom. The quantitative estimate of drug-likeness (QED) is 0.799. The first-order chi connectivity index (χ1) is 9.52. The first-order valence-corrected chi connectivity index (χ1v) is 7.47. The highest BCUT2D eigenvalue weighted by Gasteiger charge is 2.31. The standard InChI is InChI=1S/C16H22ClNO2/c1-11-8-9-18(10-15(11)20-3)12(2)16(19)13-4-6-14(17)7-5-13/h4-7,11-12,15H,8-10H2,1-3H3. The molecule has 1 aliphatic heterocycles. The van der Waals surface area contributed by atoms with Crippen LogP contribution in [-0.2, 0) is 4.74 Å². The molecule has 2 rings (SSSR count). The van der Waals surface area contributed by atoms with E-state index in [2.05, 4.69) is 11.8 Å². The van der Waals surface area contributed by atoms with E-state index in [0.29, 0.717) is 10.9 Å². The van der Waals surface area contributed by atoms with E-state index in [1.54, 1.807) is 31.4 Å². The van der Waals surface area contributed by atoms with E-state index in [4.69, 9.17) is 16.3 Å². The molecule has 0 N–H and O–H groups in total. The molecule has 1 saturated heterocycles. The number of carbonyl (C=O) groups excluding carboxylic acids is 1. The number of halogens is 1. The van der Waals surface area contributed by atoms with Crippen LogP contribution < -0.4 is 0 Å². The predicted molar refractivity (Wildman–Crippen MR) is 81.4 cm³/mol. The number of methoxy groups -OCH3 is 1. The third-order valence-electron chi connectivity index (χ3n) is 4.28. The van der Waals surface area contributed by atoms with Crippen LogP contribution in [0.2, 0.25) is 5.02 Å². The molecule has 110 valence electrons. The maximum absolute atomic E-state index is 12.5. The summed E-state index contributed by atoms with van der Waals surface area (Å²) < 4.78 is 5.51. The van der Waals surface area contributed by atoms with Gasteiger partial charge in [0.25, 0.3) is 0 Å². The SMILES string of the molecule is COC1CN(C(C)C(=O)c2ccc(Cl)cc2)CCC1C. The van der Waals surface area contributed by atoms with Crippen LogP contribution in [0.25, 0.3) is 0 Å². The lowest BCUT2D eigenvalue weighted by atomic mass is 9.93. The number of benzene rings is 1. The minimum absolute atomic E-state index is 0.124. The number of rotatable bonds is 4. The van der Waals surface area contributed by atoms with Crippen molar-refractivity contribution in [2.75, 3.05) is 20.2 Å². The third kappa shape index (κ3) is 3.40. The van der Waals surface area contributed by atoms with Crippen molar-refractivity contribution in [2.45, 2.75) is 32.4 Å². The van der Waals surface area contributed by atoms with Gasteiger partial charge in [-0.25, -0.2) is 0 Å². The van der Waals surface area contributed by atoms with Gasteiger partial charge < -0.3 is 4.74 Å². The number of ketones is 1. The van der Waals surface area contributed by atoms with Crippen LogP contribution in [0.4, 0.5) is 0 Å². The monoisotopic (exact) mass is 295 g/mol. The van der Waals surface area contributed by atoms with Crippen LogP contribution in [0.15, 0.2) is 24.3 Å². The van der Waals surface area contributed by atoms with Gasteiger partial charge in [-0.05, 0) is 50.1 Å². The second-order valence-electron chi connectivity index (χ2n) is 5.58. The van der Waals surface area contributed by atoms with Gasteiger partial charge in [0.2, 0.25) is 0 Å². The van der Waals surface area contributed by atoms with Gasteiger partial charge in [-0.1, -0.05) is 18.5 Å². The van der Waals surface area contributed by atoms with Crippen LogP contribution in [0, 0.1) is 5.92 Å². The molecule has 0 bridgehead atoms. The Morgan fingerprint density at radius 3 is 2.65 bits per heavy atom. The highest BCUT2D eigenvalue weighted by Crippen LogP contribution is 2.22. The minimum atomic E-state index is -0.124. The molecule has 0 amide bonds. The van der Waals surface area contributed by atoms with E-state index < -0.39 is 0 Å². The molecule has 0 radical (unpaired) electrons. The first-order valence-electron chi connectivity index (χ1n) is 7.09. The molecule has 1 aliphatic rings. The van der Waals surface area contributed by atoms with Crippen molar-refractivity contribution in [1.82, 2.24) is 4.90 Å². The Bertz CT molecular complexity index is 460. The van der Waals surface area contributed by atoms with Gasteiger partial charge in [0, 0.05) is 24.2 Å². The Balaban J connectivity index is 2.05. The predicted octanol–water partition coefficient (Wildman–Crippen LogP) is 3.27. The van der Waals surface area contributed by atoms with Gasteiger partial charge in [-0.3, -0.25) is 9.69 Å². The number of hydrogen-bond acceptors (Lipinski definition) is 3. The number of piperidine rings is 1. The van der Waals surface area contributed by atoms with Crippen molar-refractivity contribution in [3.63, 3.8) is 0 Å². The van der Waals surface area contributed by atoms with E-state index in [0.717, 1.165) is 25.1 Å². The molecule has 0 aliphatic carbocycles. The average Bonchev–Trinajstić information content (AvgIpc) is 2.47. The number of likely N-dealkylation sites (tertiary alicyclic amines) is 1. The first kappa shape index (κ1) is 15.5. The van der Waals surface area contributed by atoms with Crippen LogP contribution >= 0.6 is 11.6 Å². The number of Topliss-reactive ketones (excluding diaryl/α,β-unsaturated/α-hetero) is 1. The van der Waals surface area contributed by atoms with Crippen LogP contribution in [0.5, 0.6) is 0 Å².